The van der Waals surface area contributed by atoms with Gasteiger partial charge in [0.25, 0.3) is 5.91 Å². The summed E-state index contributed by atoms with van der Waals surface area (Å²) in [5.74, 6) is 0.0206. The third-order valence-corrected chi connectivity index (χ3v) is 5.69. The lowest BCUT2D eigenvalue weighted by Gasteiger charge is -2.36. The minimum absolute atomic E-state index is 0.0206. The molecule has 1 amide bonds. The van der Waals surface area contributed by atoms with Crippen LogP contribution in [-0.2, 0) is 0 Å². The summed E-state index contributed by atoms with van der Waals surface area (Å²) in [7, 11) is 0. The Morgan fingerprint density at radius 3 is 2.31 bits per heavy atom. The maximum Gasteiger partial charge on any atom is 0.251 e. The van der Waals surface area contributed by atoms with Gasteiger partial charge in [-0.25, -0.2) is 0 Å². The Balaban J connectivity index is 1.14. The number of hydrogen-bond donors (Lipinski definition) is 1. The molecule has 1 N–H and O–H groups in total. The molecular formula is C25H29N3O. The first-order valence-corrected chi connectivity index (χ1v) is 10.6. The minimum Gasteiger partial charge on any atom is -0.369 e. The van der Waals surface area contributed by atoms with Crippen molar-refractivity contribution in [3.05, 3.63) is 78.4 Å². The number of benzene rings is 3. The minimum atomic E-state index is 0.0206. The third kappa shape index (κ3) is 5.15. The zero-order valence-electron chi connectivity index (χ0n) is 16.9. The van der Waals surface area contributed by atoms with Crippen molar-refractivity contribution in [2.75, 3.05) is 44.2 Å². The van der Waals surface area contributed by atoms with Crippen LogP contribution in [0.15, 0.2) is 72.8 Å². The Morgan fingerprint density at radius 2 is 1.52 bits per heavy atom. The lowest BCUT2D eigenvalue weighted by molar-refractivity contribution is 0.0952. The van der Waals surface area contributed by atoms with Gasteiger partial charge >= 0.3 is 0 Å². The van der Waals surface area contributed by atoms with E-state index in [4.69, 9.17) is 0 Å². The van der Waals surface area contributed by atoms with Crippen molar-refractivity contribution in [3.8, 4) is 0 Å². The molecule has 1 fully saturated rings. The van der Waals surface area contributed by atoms with Crippen LogP contribution in [0.2, 0.25) is 0 Å². The number of nitrogens with one attached hydrogen (secondary N) is 1. The summed E-state index contributed by atoms with van der Waals surface area (Å²) >= 11 is 0. The molecule has 3 aromatic carbocycles. The SMILES string of the molecule is O=C(NCCCCN1CCN(c2ccccc2)CC1)c1ccc2ccccc2c1. The molecule has 1 heterocycles. The normalized spacial score (nSPS) is 14.8. The fourth-order valence-electron chi connectivity index (χ4n) is 3.96. The van der Waals surface area contributed by atoms with Gasteiger partial charge in [-0.15, -0.1) is 0 Å². The van der Waals surface area contributed by atoms with E-state index in [9.17, 15) is 4.79 Å². The van der Waals surface area contributed by atoms with Gasteiger partial charge in [0.1, 0.15) is 0 Å². The van der Waals surface area contributed by atoms with E-state index in [0.29, 0.717) is 0 Å². The number of fused-ring (bicyclic) bond motifs is 1. The number of carbonyl (C=O) groups is 1. The van der Waals surface area contributed by atoms with Gasteiger partial charge in [0.05, 0.1) is 0 Å². The van der Waals surface area contributed by atoms with E-state index in [-0.39, 0.29) is 5.91 Å². The summed E-state index contributed by atoms with van der Waals surface area (Å²) in [5, 5.41) is 5.33. The van der Waals surface area contributed by atoms with Gasteiger partial charge in [-0.1, -0.05) is 48.5 Å². The number of piperazine rings is 1. The first-order chi connectivity index (χ1) is 14.3. The Morgan fingerprint density at radius 1 is 0.793 bits per heavy atom. The molecule has 0 aliphatic carbocycles. The molecule has 29 heavy (non-hydrogen) atoms. The second-order valence-corrected chi connectivity index (χ2v) is 7.69. The highest BCUT2D eigenvalue weighted by molar-refractivity contribution is 5.98. The molecule has 1 aliphatic heterocycles. The van der Waals surface area contributed by atoms with Crippen LogP contribution >= 0.6 is 0 Å². The zero-order chi connectivity index (χ0) is 19.9. The molecule has 1 saturated heterocycles. The fraction of sp³-hybridized carbons (Fsp3) is 0.320. The molecule has 0 radical (unpaired) electrons. The van der Waals surface area contributed by atoms with Gasteiger partial charge < -0.3 is 10.2 Å². The van der Waals surface area contributed by atoms with E-state index in [1.54, 1.807) is 0 Å². The topological polar surface area (TPSA) is 35.6 Å². The summed E-state index contributed by atoms with van der Waals surface area (Å²) in [6, 6.07) is 24.7. The van der Waals surface area contributed by atoms with E-state index in [1.165, 1.54) is 5.69 Å². The van der Waals surface area contributed by atoms with Gasteiger partial charge in [-0.05, 0) is 54.4 Å². The second-order valence-electron chi connectivity index (χ2n) is 7.69. The summed E-state index contributed by atoms with van der Waals surface area (Å²) in [5.41, 5.74) is 2.06. The predicted molar refractivity (Wildman–Crippen MR) is 121 cm³/mol. The van der Waals surface area contributed by atoms with Crippen molar-refractivity contribution in [3.63, 3.8) is 0 Å². The number of nitrogens with zero attached hydrogens (tertiary/aromatic N) is 2. The molecule has 4 nitrogen and oxygen atoms in total. The van der Waals surface area contributed by atoms with Crippen molar-refractivity contribution in [2.45, 2.75) is 12.8 Å². The predicted octanol–water partition coefficient (Wildman–Crippen LogP) is 4.17. The van der Waals surface area contributed by atoms with Crippen LogP contribution in [0.3, 0.4) is 0 Å². The van der Waals surface area contributed by atoms with E-state index in [1.807, 2.05) is 36.4 Å². The molecule has 0 saturated carbocycles. The first-order valence-electron chi connectivity index (χ1n) is 10.6. The molecule has 0 aromatic heterocycles. The summed E-state index contributed by atoms with van der Waals surface area (Å²) in [4.78, 5) is 17.4. The number of para-hydroxylation sites is 1. The standard InChI is InChI=1S/C25H29N3O/c29-25(23-13-12-21-8-4-5-9-22(21)20-23)26-14-6-7-15-27-16-18-28(19-17-27)24-10-2-1-3-11-24/h1-5,8-13,20H,6-7,14-19H2,(H,26,29). The number of rotatable bonds is 7. The third-order valence-electron chi connectivity index (χ3n) is 5.69. The Hall–Kier alpha value is -2.85. The Bertz CT molecular complexity index is 933. The van der Waals surface area contributed by atoms with Crippen molar-refractivity contribution >= 4 is 22.4 Å². The van der Waals surface area contributed by atoms with Crippen LogP contribution in [0.1, 0.15) is 23.2 Å². The van der Waals surface area contributed by atoms with Crippen molar-refractivity contribution in [1.82, 2.24) is 10.2 Å². The average Bonchev–Trinajstić information content (AvgIpc) is 2.79. The number of amides is 1. The maximum atomic E-state index is 12.4. The highest BCUT2D eigenvalue weighted by Crippen LogP contribution is 2.16. The number of anilines is 1. The van der Waals surface area contributed by atoms with Gasteiger partial charge in [0, 0.05) is 44.0 Å². The molecule has 3 aromatic rings. The van der Waals surface area contributed by atoms with Crippen LogP contribution in [-0.4, -0.2) is 50.1 Å². The summed E-state index contributed by atoms with van der Waals surface area (Å²) in [6.07, 6.45) is 2.13. The Kier molecular flexibility index (Phi) is 6.42. The summed E-state index contributed by atoms with van der Waals surface area (Å²) < 4.78 is 0. The lowest BCUT2D eigenvalue weighted by Crippen LogP contribution is -2.46. The smallest absolute Gasteiger partial charge is 0.251 e. The molecule has 150 valence electrons. The van der Waals surface area contributed by atoms with Crippen LogP contribution in [0, 0.1) is 0 Å². The highest BCUT2D eigenvalue weighted by Gasteiger charge is 2.16. The first kappa shape index (κ1) is 19.5. The second kappa shape index (κ2) is 9.57. The summed E-state index contributed by atoms with van der Waals surface area (Å²) in [6.45, 7) is 6.23. The zero-order valence-corrected chi connectivity index (χ0v) is 16.9. The van der Waals surface area contributed by atoms with Crippen molar-refractivity contribution in [1.29, 1.82) is 0 Å². The number of unbranched alkanes of at least 4 members (excludes halogenated alkanes) is 1. The fourth-order valence-corrected chi connectivity index (χ4v) is 3.96. The molecular weight excluding hydrogens is 358 g/mol. The number of carbonyl (C=O) groups excluding carboxylic acids is 1. The van der Waals surface area contributed by atoms with Gasteiger partial charge in [0.15, 0.2) is 0 Å². The van der Waals surface area contributed by atoms with E-state index in [2.05, 4.69) is 51.5 Å². The van der Waals surface area contributed by atoms with E-state index in [0.717, 1.165) is 68.4 Å². The van der Waals surface area contributed by atoms with Crippen LogP contribution < -0.4 is 10.2 Å². The van der Waals surface area contributed by atoms with Gasteiger partial charge in [-0.2, -0.15) is 0 Å². The molecule has 0 spiro atoms. The van der Waals surface area contributed by atoms with Crippen LogP contribution in [0.4, 0.5) is 5.69 Å². The maximum absolute atomic E-state index is 12.4. The largest absolute Gasteiger partial charge is 0.369 e. The monoisotopic (exact) mass is 387 g/mol. The molecule has 0 atom stereocenters. The Labute approximate surface area is 173 Å². The molecule has 4 heteroatoms. The van der Waals surface area contributed by atoms with E-state index < -0.39 is 0 Å². The lowest BCUT2D eigenvalue weighted by atomic mass is 10.1. The molecule has 0 bridgehead atoms. The van der Waals surface area contributed by atoms with Crippen molar-refractivity contribution in [2.24, 2.45) is 0 Å². The van der Waals surface area contributed by atoms with Gasteiger partial charge in [-0.3, -0.25) is 9.69 Å². The van der Waals surface area contributed by atoms with E-state index >= 15 is 0 Å². The molecule has 4 rings (SSSR count). The van der Waals surface area contributed by atoms with Crippen molar-refractivity contribution < 1.29 is 4.79 Å². The quantitative estimate of drug-likeness (QED) is 0.618. The number of hydrogen-bond acceptors (Lipinski definition) is 3. The van der Waals surface area contributed by atoms with Crippen LogP contribution in [0.5, 0.6) is 0 Å². The molecule has 0 unspecified atom stereocenters. The molecule has 1 aliphatic rings. The van der Waals surface area contributed by atoms with Crippen LogP contribution in [0.25, 0.3) is 10.8 Å². The highest BCUT2D eigenvalue weighted by atomic mass is 16.1. The van der Waals surface area contributed by atoms with Gasteiger partial charge in [0.2, 0.25) is 0 Å². The average molecular weight is 388 g/mol.